The first kappa shape index (κ1) is 17.7. The Morgan fingerprint density at radius 2 is 1.81 bits per heavy atom. The van der Waals surface area contributed by atoms with Crippen molar-refractivity contribution >= 4 is 38.9 Å². The number of carbonyl (C=O) groups excluding carboxylic acids is 2. The number of thiazole rings is 1. The molecule has 0 spiro atoms. The van der Waals surface area contributed by atoms with E-state index in [4.69, 9.17) is 0 Å². The summed E-state index contributed by atoms with van der Waals surface area (Å²) >= 11 is 1.23. The number of aryl methyl sites for hydroxylation is 1. The normalized spacial score (nSPS) is 11.7. The van der Waals surface area contributed by atoms with Gasteiger partial charge in [0.05, 0.1) is 15.1 Å². The first-order chi connectivity index (χ1) is 12.4. The largest absolute Gasteiger partial charge is 0.317 e. The van der Waals surface area contributed by atoms with E-state index in [1.165, 1.54) is 30.4 Å². The second-order valence-corrected chi connectivity index (χ2v) is 6.60. The Kier molecular flexibility index (Phi) is 4.77. The van der Waals surface area contributed by atoms with Gasteiger partial charge >= 0.3 is 0 Å². The van der Waals surface area contributed by atoms with Crippen LogP contribution >= 0.6 is 11.3 Å². The SMILES string of the molecule is CCn1c(=NC(=O)c2ccc(C(C)=O)cc2)sc2cc([N+](=O)[O-])ccc21. The molecule has 0 aliphatic rings. The third-order valence-corrected chi connectivity index (χ3v) is 4.97. The molecule has 7 nitrogen and oxygen atoms in total. The minimum absolute atomic E-state index is 0.000277. The summed E-state index contributed by atoms with van der Waals surface area (Å²) in [6.07, 6.45) is 0. The topological polar surface area (TPSA) is 94.6 Å². The molecular formula is C18H15N3O4S. The lowest BCUT2D eigenvalue weighted by molar-refractivity contribution is -0.384. The molecule has 1 aromatic heterocycles. The highest BCUT2D eigenvalue weighted by molar-refractivity contribution is 7.16. The fourth-order valence-corrected chi connectivity index (χ4v) is 3.69. The number of ketones is 1. The molecule has 1 amide bonds. The molecule has 0 saturated heterocycles. The molecule has 0 N–H and O–H groups in total. The number of amides is 1. The highest BCUT2D eigenvalue weighted by Gasteiger charge is 2.12. The van der Waals surface area contributed by atoms with Crippen molar-refractivity contribution in [3.63, 3.8) is 0 Å². The Bertz CT molecular complexity index is 1090. The van der Waals surface area contributed by atoms with Gasteiger partial charge in [0.15, 0.2) is 10.6 Å². The summed E-state index contributed by atoms with van der Waals surface area (Å²) in [5.74, 6) is -0.501. The van der Waals surface area contributed by atoms with Gasteiger partial charge in [0.2, 0.25) is 0 Å². The van der Waals surface area contributed by atoms with Crippen molar-refractivity contribution in [3.8, 4) is 0 Å². The zero-order valence-corrected chi connectivity index (χ0v) is 14.9. The number of non-ortho nitro benzene ring substituents is 1. The molecule has 1 heterocycles. The van der Waals surface area contributed by atoms with Crippen molar-refractivity contribution in [2.45, 2.75) is 20.4 Å². The number of hydrogen-bond donors (Lipinski definition) is 0. The van der Waals surface area contributed by atoms with E-state index < -0.39 is 10.8 Å². The van der Waals surface area contributed by atoms with Crippen molar-refractivity contribution in [2.75, 3.05) is 0 Å². The standard InChI is InChI=1S/C18H15N3O4S/c1-3-20-15-9-8-14(21(24)25)10-16(15)26-18(20)19-17(23)13-6-4-12(5-7-13)11(2)22/h4-10H,3H2,1-2H3. The van der Waals surface area contributed by atoms with Gasteiger partial charge < -0.3 is 4.57 Å². The highest BCUT2D eigenvalue weighted by atomic mass is 32.1. The molecule has 0 unspecified atom stereocenters. The molecule has 3 rings (SSSR count). The van der Waals surface area contributed by atoms with E-state index in [1.807, 2.05) is 11.5 Å². The number of aromatic nitrogens is 1. The fraction of sp³-hybridized carbons (Fsp3) is 0.167. The average Bonchev–Trinajstić information content (AvgIpc) is 2.97. The minimum atomic E-state index is -0.450. The van der Waals surface area contributed by atoms with Gasteiger partial charge in [-0.1, -0.05) is 23.5 Å². The van der Waals surface area contributed by atoms with Gasteiger partial charge in [-0.2, -0.15) is 4.99 Å². The number of rotatable bonds is 4. The summed E-state index contributed by atoms with van der Waals surface area (Å²) in [6.45, 7) is 3.95. The molecule has 132 valence electrons. The molecule has 0 bridgehead atoms. The van der Waals surface area contributed by atoms with E-state index in [-0.39, 0.29) is 11.5 Å². The van der Waals surface area contributed by atoms with E-state index in [0.29, 0.717) is 27.2 Å². The minimum Gasteiger partial charge on any atom is -0.317 e. The molecule has 0 aliphatic carbocycles. The van der Waals surface area contributed by atoms with Gasteiger partial charge in [0.25, 0.3) is 11.6 Å². The van der Waals surface area contributed by atoms with Crippen LogP contribution in [0.1, 0.15) is 34.6 Å². The van der Waals surface area contributed by atoms with Gasteiger partial charge in [0, 0.05) is 29.8 Å². The molecule has 26 heavy (non-hydrogen) atoms. The van der Waals surface area contributed by atoms with Gasteiger partial charge in [-0.05, 0) is 32.0 Å². The van der Waals surface area contributed by atoms with Crippen LogP contribution in [0.5, 0.6) is 0 Å². The monoisotopic (exact) mass is 369 g/mol. The average molecular weight is 369 g/mol. The molecule has 0 radical (unpaired) electrons. The van der Waals surface area contributed by atoms with Crippen molar-refractivity contribution < 1.29 is 14.5 Å². The van der Waals surface area contributed by atoms with E-state index in [1.54, 1.807) is 30.3 Å². The molecular weight excluding hydrogens is 354 g/mol. The summed E-state index contributed by atoms with van der Waals surface area (Å²) in [4.78, 5) is 38.9. The molecule has 0 aliphatic heterocycles. The maximum atomic E-state index is 12.4. The predicted molar refractivity (Wildman–Crippen MR) is 98.5 cm³/mol. The van der Waals surface area contributed by atoms with E-state index in [2.05, 4.69) is 4.99 Å². The number of nitrogens with zero attached hydrogens (tertiary/aromatic N) is 3. The molecule has 0 saturated carbocycles. The van der Waals surface area contributed by atoms with Crippen LogP contribution < -0.4 is 4.80 Å². The molecule has 0 fully saturated rings. The fourth-order valence-electron chi connectivity index (χ4n) is 2.57. The third kappa shape index (κ3) is 3.31. The Hall–Kier alpha value is -3.13. The van der Waals surface area contributed by atoms with Crippen LogP contribution in [0.4, 0.5) is 5.69 Å². The van der Waals surface area contributed by atoms with Crippen LogP contribution in [-0.2, 0) is 6.54 Å². The Morgan fingerprint density at radius 3 is 2.38 bits per heavy atom. The summed E-state index contributed by atoms with van der Waals surface area (Å²) in [6, 6.07) is 10.9. The van der Waals surface area contributed by atoms with Crippen molar-refractivity contribution in [1.29, 1.82) is 0 Å². The summed E-state index contributed by atoms with van der Waals surface area (Å²) in [5, 5.41) is 10.9. The van der Waals surface area contributed by atoms with Crippen LogP contribution in [0.2, 0.25) is 0 Å². The van der Waals surface area contributed by atoms with Crippen LogP contribution in [0.25, 0.3) is 10.2 Å². The maximum absolute atomic E-state index is 12.4. The Labute approximate surface area is 152 Å². The van der Waals surface area contributed by atoms with Gasteiger partial charge in [-0.3, -0.25) is 19.7 Å². The lowest BCUT2D eigenvalue weighted by atomic mass is 10.1. The van der Waals surface area contributed by atoms with Crippen LogP contribution in [0, 0.1) is 10.1 Å². The third-order valence-electron chi connectivity index (χ3n) is 3.93. The number of Topliss-reactive ketones (excluding diaryl/α,β-unsaturated/α-hetero) is 1. The number of hydrogen-bond acceptors (Lipinski definition) is 5. The van der Waals surface area contributed by atoms with Crippen LogP contribution in [-0.4, -0.2) is 21.2 Å². The van der Waals surface area contributed by atoms with E-state index in [9.17, 15) is 19.7 Å². The van der Waals surface area contributed by atoms with Crippen molar-refractivity contribution in [1.82, 2.24) is 4.57 Å². The number of carbonyl (C=O) groups is 2. The van der Waals surface area contributed by atoms with Crippen LogP contribution in [0.3, 0.4) is 0 Å². The highest BCUT2D eigenvalue weighted by Crippen LogP contribution is 2.23. The first-order valence-electron chi connectivity index (χ1n) is 7.88. The summed E-state index contributed by atoms with van der Waals surface area (Å²) < 4.78 is 2.53. The molecule has 2 aromatic carbocycles. The summed E-state index contributed by atoms with van der Waals surface area (Å²) in [7, 11) is 0. The van der Waals surface area contributed by atoms with Crippen molar-refractivity contribution in [3.05, 3.63) is 68.5 Å². The molecule has 8 heteroatoms. The van der Waals surface area contributed by atoms with Gasteiger partial charge in [-0.15, -0.1) is 0 Å². The zero-order chi connectivity index (χ0) is 18.8. The lowest BCUT2D eigenvalue weighted by Crippen LogP contribution is -2.15. The Morgan fingerprint density at radius 1 is 1.15 bits per heavy atom. The second-order valence-electron chi connectivity index (χ2n) is 5.59. The van der Waals surface area contributed by atoms with Crippen molar-refractivity contribution in [2.24, 2.45) is 4.99 Å². The molecule has 0 atom stereocenters. The predicted octanol–water partition coefficient (Wildman–Crippen LogP) is 3.57. The van der Waals surface area contributed by atoms with E-state index in [0.717, 1.165) is 5.52 Å². The number of fused-ring (bicyclic) bond motifs is 1. The second kappa shape index (κ2) is 7.01. The number of nitro benzene ring substituents is 1. The molecule has 3 aromatic rings. The number of nitro groups is 1. The van der Waals surface area contributed by atoms with Gasteiger partial charge in [0.1, 0.15) is 0 Å². The zero-order valence-electron chi connectivity index (χ0n) is 14.1. The van der Waals surface area contributed by atoms with Crippen LogP contribution in [0.15, 0.2) is 47.5 Å². The summed E-state index contributed by atoms with van der Waals surface area (Å²) in [5.41, 5.74) is 1.70. The number of benzene rings is 2. The Balaban J connectivity index is 2.06. The quantitative estimate of drug-likeness (QED) is 0.399. The smallest absolute Gasteiger partial charge is 0.279 e. The lowest BCUT2D eigenvalue weighted by Gasteiger charge is -2.00. The maximum Gasteiger partial charge on any atom is 0.279 e. The van der Waals surface area contributed by atoms with E-state index >= 15 is 0 Å². The van der Waals surface area contributed by atoms with Gasteiger partial charge in [-0.25, -0.2) is 0 Å². The first-order valence-corrected chi connectivity index (χ1v) is 8.70.